The largest absolute Gasteiger partial charge is 0.340 e. The molecule has 3 rings (SSSR count). The second-order valence-electron chi connectivity index (χ2n) is 5.20. The molecule has 0 N–H and O–H groups in total. The van der Waals surface area contributed by atoms with Crippen LogP contribution in [0.1, 0.15) is 17.4 Å². The number of hydrogen-bond donors (Lipinski definition) is 0. The third-order valence-corrected chi connectivity index (χ3v) is 4.29. The third kappa shape index (κ3) is 2.61. The first-order valence-electron chi connectivity index (χ1n) is 7.01. The maximum Gasteiger partial charge on any atom is 0.340 e. The highest BCUT2D eigenvalue weighted by molar-refractivity contribution is 7.06. The van der Waals surface area contributed by atoms with Crippen molar-refractivity contribution in [2.24, 2.45) is 0 Å². The average molecular weight is 330 g/mol. The van der Waals surface area contributed by atoms with Crippen LogP contribution in [-0.2, 0) is 16.0 Å². The summed E-state index contributed by atoms with van der Waals surface area (Å²) in [6.07, 6.45) is 0.276. The fraction of sp³-hybridized carbons (Fsp3) is 0.267. The number of carbonyl (C=O) groups is 3. The zero-order valence-electron chi connectivity index (χ0n) is 12.6. The number of aryl methyl sites for hydroxylation is 1. The van der Waals surface area contributed by atoms with Gasteiger partial charge < -0.3 is 0 Å². The SMILES string of the molecule is CC(=O)N1C(=O)N(c2nnsc2C)C(=O)C1Cc1ccccc1. The van der Waals surface area contributed by atoms with Crippen molar-refractivity contribution in [1.29, 1.82) is 0 Å². The highest BCUT2D eigenvalue weighted by Crippen LogP contribution is 2.29. The van der Waals surface area contributed by atoms with E-state index in [1.165, 1.54) is 6.92 Å². The Morgan fingerprint density at radius 3 is 2.52 bits per heavy atom. The van der Waals surface area contributed by atoms with Gasteiger partial charge in [-0.1, -0.05) is 34.8 Å². The van der Waals surface area contributed by atoms with Crippen molar-refractivity contribution < 1.29 is 14.4 Å². The van der Waals surface area contributed by atoms with Crippen LogP contribution in [0.5, 0.6) is 0 Å². The minimum Gasteiger partial charge on any atom is -0.275 e. The lowest BCUT2D eigenvalue weighted by Gasteiger charge is -2.17. The van der Waals surface area contributed by atoms with Gasteiger partial charge in [-0.25, -0.2) is 9.69 Å². The molecule has 2 aromatic rings. The number of benzene rings is 1. The third-order valence-electron chi connectivity index (χ3n) is 3.67. The summed E-state index contributed by atoms with van der Waals surface area (Å²) >= 11 is 1.10. The van der Waals surface area contributed by atoms with E-state index in [-0.39, 0.29) is 12.2 Å². The zero-order valence-corrected chi connectivity index (χ0v) is 13.4. The van der Waals surface area contributed by atoms with Crippen molar-refractivity contribution >= 4 is 35.2 Å². The molecular formula is C15H14N4O3S. The summed E-state index contributed by atoms with van der Waals surface area (Å²) in [5, 5.41) is 3.85. The predicted octanol–water partition coefficient (Wildman–Crippen LogP) is 1.77. The van der Waals surface area contributed by atoms with Crippen LogP contribution in [0.3, 0.4) is 0 Å². The first-order chi connectivity index (χ1) is 11.0. The molecule has 1 atom stereocenters. The van der Waals surface area contributed by atoms with Gasteiger partial charge in [0.2, 0.25) is 5.91 Å². The van der Waals surface area contributed by atoms with Crippen LogP contribution in [-0.4, -0.2) is 38.4 Å². The van der Waals surface area contributed by atoms with Gasteiger partial charge in [-0.2, -0.15) is 0 Å². The molecule has 1 fully saturated rings. The molecular weight excluding hydrogens is 316 g/mol. The van der Waals surface area contributed by atoms with Gasteiger partial charge in [0.05, 0.1) is 4.88 Å². The van der Waals surface area contributed by atoms with Crippen LogP contribution in [0, 0.1) is 6.92 Å². The predicted molar refractivity (Wildman–Crippen MR) is 84.0 cm³/mol. The molecule has 1 aromatic carbocycles. The number of aromatic nitrogens is 2. The van der Waals surface area contributed by atoms with E-state index in [0.29, 0.717) is 4.88 Å². The Labute approximate surface area is 136 Å². The van der Waals surface area contributed by atoms with Gasteiger partial charge in [0.1, 0.15) is 6.04 Å². The molecule has 0 spiro atoms. The molecule has 7 nitrogen and oxygen atoms in total. The second-order valence-corrected chi connectivity index (χ2v) is 6.16. The lowest BCUT2D eigenvalue weighted by atomic mass is 10.1. The van der Waals surface area contributed by atoms with Gasteiger partial charge in [-0.3, -0.25) is 14.5 Å². The molecule has 4 amide bonds. The quantitative estimate of drug-likeness (QED) is 0.801. The fourth-order valence-corrected chi connectivity index (χ4v) is 3.05. The van der Waals surface area contributed by atoms with Crippen molar-refractivity contribution in [3.63, 3.8) is 0 Å². The number of hydrogen-bond acceptors (Lipinski definition) is 6. The molecule has 1 aliphatic heterocycles. The van der Waals surface area contributed by atoms with Crippen molar-refractivity contribution in [1.82, 2.24) is 14.5 Å². The summed E-state index contributed by atoms with van der Waals surface area (Å²) < 4.78 is 3.76. The van der Waals surface area contributed by atoms with Gasteiger partial charge in [0.25, 0.3) is 5.91 Å². The second kappa shape index (κ2) is 5.88. The van der Waals surface area contributed by atoms with E-state index >= 15 is 0 Å². The normalized spacial score (nSPS) is 17.9. The van der Waals surface area contributed by atoms with E-state index in [2.05, 4.69) is 9.59 Å². The molecule has 1 unspecified atom stereocenters. The maximum absolute atomic E-state index is 12.7. The Bertz CT molecular complexity index is 774. The fourth-order valence-electron chi connectivity index (χ4n) is 2.59. The van der Waals surface area contributed by atoms with E-state index in [1.54, 1.807) is 6.92 Å². The van der Waals surface area contributed by atoms with E-state index in [0.717, 1.165) is 26.9 Å². The van der Waals surface area contributed by atoms with Crippen LogP contribution >= 0.6 is 11.5 Å². The standard InChI is InChI=1S/C15H14N4O3S/c1-9-13(16-17-23-9)19-14(21)12(18(10(2)20)15(19)22)8-11-6-4-3-5-7-11/h3-7,12H,8H2,1-2H3. The van der Waals surface area contributed by atoms with Crippen LogP contribution in [0.4, 0.5) is 10.6 Å². The molecule has 2 heterocycles. The Morgan fingerprint density at radius 2 is 1.96 bits per heavy atom. The summed E-state index contributed by atoms with van der Waals surface area (Å²) in [5.74, 6) is -0.718. The minimum absolute atomic E-state index is 0.201. The summed E-state index contributed by atoms with van der Waals surface area (Å²) in [6.45, 7) is 3.00. The van der Waals surface area contributed by atoms with Gasteiger partial charge in [0.15, 0.2) is 5.82 Å². The highest BCUT2D eigenvalue weighted by Gasteiger charge is 2.49. The number of urea groups is 1. The van der Waals surface area contributed by atoms with Gasteiger partial charge in [-0.05, 0) is 24.0 Å². The first-order valence-corrected chi connectivity index (χ1v) is 7.78. The Balaban J connectivity index is 1.98. The molecule has 0 aliphatic carbocycles. The van der Waals surface area contributed by atoms with Crippen molar-refractivity contribution in [3.05, 3.63) is 40.8 Å². The molecule has 0 radical (unpaired) electrons. The number of carbonyl (C=O) groups excluding carboxylic acids is 3. The Morgan fingerprint density at radius 1 is 1.26 bits per heavy atom. The number of nitrogens with zero attached hydrogens (tertiary/aromatic N) is 4. The number of imide groups is 2. The lowest BCUT2D eigenvalue weighted by Crippen LogP contribution is -2.40. The molecule has 0 bridgehead atoms. The topological polar surface area (TPSA) is 83.5 Å². The summed E-state index contributed by atoms with van der Waals surface area (Å²) in [7, 11) is 0. The molecule has 0 saturated carbocycles. The molecule has 23 heavy (non-hydrogen) atoms. The number of rotatable bonds is 3. The molecule has 8 heteroatoms. The molecule has 1 saturated heterocycles. The van der Waals surface area contributed by atoms with Crippen molar-refractivity contribution in [2.75, 3.05) is 4.90 Å². The molecule has 1 aliphatic rings. The van der Waals surface area contributed by atoms with E-state index < -0.39 is 23.9 Å². The lowest BCUT2D eigenvalue weighted by molar-refractivity contribution is -0.131. The van der Waals surface area contributed by atoms with Gasteiger partial charge in [0, 0.05) is 13.3 Å². The highest BCUT2D eigenvalue weighted by atomic mass is 32.1. The number of amides is 4. The Kier molecular flexibility index (Phi) is 3.91. The summed E-state index contributed by atoms with van der Waals surface area (Å²) in [6, 6.07) is 7.75. The minimum atomic E-state index is -0.858. The van der Waals surface area contributed by atoms with E-state index in [4.69, 9.17) is 0 Å². The zero-order chi connectivity index (χ0) is 16.6. The average Bonchev–Trinajstić information content (AvgIpc) is 3.02. The van der Waals surface area contributed by atoms with Crippen molar-refractivity contribution in [3.8, 4) is 0 Å². The first kappa shape index (κ1) is 15.3. The van der Waals surface area contributed by atoms with Crippen LogP contribution in [0.15, 0.2) is 30.3 Å². The Hall–Kier alpha value is -2.61. The van der Waals surface area contributed by atoms with Crippen LogP contribution in [0.2, 0.25) is 0 Å². The van der Waals surface area contributed by atoms with Crippen LogP contribution < -0.4 is 4.90 Å². The van der Waals surface area contributed by atoms with Gasteiger partial charge >= 0.3 is 6.03 Å². The van der Waals surface area contributed by atoms with E-state index in [9.17, 15) is 14.4 Å². The molecule has 1 aromatic heterocycles. The smallest absolute Gasteiger partial charge is 0.275 e. The molecule has 118 valence electrons. The number of anilines is 1. The summed E-state index contributed by atoms with van der Waals surface area (Å²) in [5.41, 5.74) is 0.875. The van der Waals surface area contributed by atoms with Crippen LogP contribution in [0.25, 0.3) is 0 Å². The monoisotopic (exact) mass is 330 g/mol. The summed E-state index contributed by atoms with van der Waals surface area (Å²) in [4.78, 5) is 39.8. The van der Waals surface area contributed by atoms with E-state index in [1.807, 2.05) is 30.3 Å². The van der Waals surface area contributed by atoms with Crippen molar-refractivity contribution in [2.45, 2.75) is 26.3 Å². The van der Waals surface area contributed by atoms with Gasteiger partial charge in [-0.15, -0.1) is 5.10 Å². The maximum atomic E-state index is 12.7.